The second kappa shape index (κ2) is 8.71. The Morgan fingerprint density at radius 3 is 2.60 bits per heavy atom. The van der Waals surface area contributed by atoms with Crippen LogP contribution in [0.4, 0.5) is 5.69 Å². The Kier molecular flexibility index (Phi) is 5.67. The molecule has 0 saturated carbocycles. The van der Waals surface area contributed by atoms with Crippen molar-refractivity contribution in [2.45, 2.75) is 6.42 Å². The molecule has 0 bridgehead atoms. The molecule has 1 amide bonds. The van der Waals surface area contributed by atoms with Crippen molar-refractivity contribution in [1.29, 1.82) is 0 Å². The largest absolute Gasteiger partial charge is 0.455 e. The van der Waals surface area contributed by atoms with Gasteiger partial charge in [-0.15, -0.1) is 11.3 Å². The van der Waals surface area contributed by atoms with Crippen molar-refractivity contribution in [2.24, 2.45) is 0 Å². The van der Waals surface area contributed by atoms with Gasteiger partial charge < -0.3 is 10.1 Å². The summed E-state index contributed by atoms with van der Waals surface area (Å²) < 4.78 is 6.88. The van der Waals surface area contributed by atoms with Gasteiger partial charge >= 0.3 is 5.97 Å². The van der Waals surface area contributed by atoms with Crippen molar-refractivity contribution in [3.05, 3.63) is 89.2 Å². The van der Waals surface area contributed by atoms with Crippen molar-refractivity contribution in [3.63, 3.8) is 0 Å². The number of imidazole rings is 1. The minimum Gasteiger partial charge on any atom is -0.455 e. The zero-order valence-corrected chi connectivity index (χ0v) is 16.6. The third kappa shape index (κ3) is 4.44. The van der Waals surface area contributed by atoms with E-state index in [0.29, 0.717) is 22.5 Å². The fourth-order valence-electron chi connectivity index (χ4n) is 2.93. The van der Waals surface area contributed by atoms with E-state index in [-0.39, 0.29) is 12.2 Å². The highest BCUT2D eigenvalue weighted by Gasteiger charge is 2.16. The highest BCUT2D eigenvalue weighted by atomic mass is 32.1. The molecule has 0 saturated heterocycles. The predicted molar refractivity (Wildman–Crippen MR) is 113 cm³/mol. The van der Waals surface area contributed by atoms with Crippen LogP contribution in [-0.4, -0.2) is 33.7 Å². The Bertz CT molecular complexity index is 1180. The number of para-hydroxylation sites is 1. The van der Waals surface area contributed by atoms with E-state index in [1.807, 2.05) is 22.0 Å². The minimum atomic E-state index is -0.551. The van der Waals surface area contributed by atoms with E-state index in [2.05, 4.69) is 10.3 Å². The number of thiazole rings is 1. The molecule has 0 radical (unpaired) electrons. The minimum absolute atomic E-state index is 0.0231. The molecule has 4 rings (SSSR count). The second-order valence-electron chi connectivity index (χ2n) is 6.45. The highest BCUT2D eigenvalue weighted by molar-refractivity contribution is 7.15. The van der Waals surface area contributed by atoms with Gasteiger partial charge in [-0.2, -0.15) is 0 Å². The monoisotopic (exact) mass is 419 g/mol. The summed E-state index contributed by atoms with van der Waals surface area (Å²) in [6.07, 6.45) is 3.58. The fraction of sp³-hybridized carbons (Fsp3) is 0.0909. The number of anilines is 1. The lowest BCUT2D eigenvalue weighted by molar-refractivity contribution is -0.146. The van der Waals surface area contributed by atoms with Crippen LogP contribution in [0.1, 0.15) is 21.6 Å². The first kappa shape index (κ1) is 19.5. The second-order valence-corrected chi connectivity index (χ2v) is 7.32. The maximum absolute atomic E-state index is 12.7. The molecule has 0 fully saturated rings. The number of ether oxygens (including phenoxy) is 1. The number of ketones is 1. The lowest BCUT2D eigenvalue weighted by atomic mass is 10.0. The van der Waals surface area contributed by atoms with E-state index in [4.69, 9.17) is 4.74 Å². The highest BCUT2D eigenvalue weighted by Crippen LogP contribution is 2.19. The molecule has 0 spiro atoms. The first-order chi connectivity index (χ1) is 14.6. The van der Waals surface area contributed by atoms with E-state index in [1.54, 1.807) is 54.7 Å². The summed E-state index contributed by atoms with van der Waals surface area (Å²) in [4.78, 5) is 42.1. The third-order valence-corrected chi connectivity index (χ3v) is 5.09. The average Bonchev–Trinajstić information content (AvgIpc) is 3.34. The summed E-state index contributed by atoms with van der Waals surface area (Å²) in [5, 5.41) is 4.54. The lowest BCUT2D eigenvalue weighted by Crippen LogP contribution is -2.22. The van der Waals surface area contributed by atoms with Gasteiger partial charge in [-0.3, -0.25) is 18.8 Å². The number of aromatic nitrogens is 2. The SMILES string of the molecule is O=C(COC(=O)Cc1cn2ccsc2n1)Nc1ccccc1C(=O)c1ccccc1. The number of hydrogen-bond acceptors (Lipinski definition) is 6. The maximum atomic E-state index is 12.7. The van der Waals surface area contributed by atoms with Gasteiger partial charge in [0.05, 0.1) is 17.8 Å². The zero-order valence-electron chi connectivity index (χ0n) is 15.8. The molecule has 0 aliphatic rings. The van der Waals surface area contributed by atoms with Crippen molar-refractivity contribution in [3.8, 4) is 0 Å². The van der Waals surface area contributed by atoms with Gasteiger partial charge in [-0.25, -0.2) is 4.98 Å². The van der Waals surface area contributed by atoms with E-state index in [9.17, 15) is 14.4 Å². The van der Waals surface area contributed by atoms with Crippen molar-refractivity contribution < 1.29 is 19.1 Å². The van der Waals surface area contributed by atoms with Crippen molar-refractivity contribution in [1.82, 2.24) is 9.38 Å². The van der Waals surface area contributed by atoms with Crippen molar-refractivity contribution >= 4 is 39.6 Å². The number of nitrogens with zero attached hydrogens (tertiary/aromatic N) is 2. The first-order valence-corrected chi connectivity index (χ1v) is 10.0. The van der Waals surface area contributed by atoms with Crippen LogP contribution in [0.25, 0.3) is 4.96 Å². The van der Waals surface area contributed by atoms with Gasteiger partial charge in [0.25, 0.3) is 5.91 Å². The molecule has 30 heavy (non-hydrogen) atoms. The number of esters is 1. The Hall–Kier alpha value is -3.78. The molecule has 2 aromatic carbocycles. The van der Waals surface area contributed by atoms with Crippen LogP contribution < -0.4 is 5.32 Å². The normalized spacial score (nSPS) is 10.7. The first-order valence-electron chi connectivity index (χ1n) is 9.15. The van der Waals surface area contributed by atoms with Crippen LogP contribution in [0.15, 0.2) is 72.4 Å². The van der Waals surface area contributed by atoms with Gasteiger partial charge in [0, 0.05) is 28.9 Å². The van der Waals surface area contributed by atoms with Crippen LogP contribution >= 0.6 is 11.3 Å². The van der Waals surface area contributed by atoms with E-state index in [0.717, 1.165) is 4.96 Å². The van der Waals surface area contributed by atoms with Crippen molar-refractivity contribution in [2.75, 3.05) is 11.9 Å². The summed E-state index contributed by atoms with van der Waals surface area (Å²) >= 11 is 1.46. The number of hydrogen-bond donors (Lipinski definition) is 1. The summed E-state index contributed by atoms with van der Waals surface area (Å²) in [7, 11) is 0. The van der Waals surface area contributed by atoms with Gasteiger partial charge in [-0.05, 0) is 12.1 Å². The number of rotatable bonds is 7. The summed E-state index contributed by atoms with van der Waals surface area (Å²) in [5.41, 5.74) is 1.82. The molecule has 0 aliphatic carbocycles. The standard InChI is InChI=1S/C22H17N3O4S/c26-19(14-29-20(27)12-16-13-25-10-11-30-22(25)23-16)24-18-9-5-4-8-17(18)21(28)15-6-2-1-3-7-15/h1-11,13H,12,14H2,(H,24,26). The van der Waals surface area contributed by atoms with Gasteiger partial charge in [-0.1, -0.05) is 42.5 Å². The van der Waals surface area contributed by atoms with Gasteiger partial charge in [0.15, 0.2) is 17.4 Å². The molecule has 4 aromatic rings. The Morgan fingerprint density at radius 1 is 1.03 bits per heavy atom. The number of nitrogens with one attached hydrogen (secondary N) is 1. The van der Waals surface area contributed by atoms with Gasteiger partial charge in [0.1, 0.15) is 0 Å². The Labute approximate surface area is 175 Å². The zero-order chi connectivity index (χ0) is 20.9. The smallest absolute Gasteiger partial charge is 0.312 e. The molecule has 7 nitrogen and oxygen atoms in total. The fourth-order valence-corrected chi connectivity index (χ4v) is 3.65. The molecule has 0 unspecified atom stereocenters. The molecular weight excluding hydrogens is 402 g/mol. The number of carbonyl (C=O) groups is 3. The maximum Gasteiger partial charge on any atom is 0.312 e. The molecule has 0 atom stereocenters. The van der Waals surface area contributed by atoms with Gasteiger partial charge in [0.2, 0.25) is 0 Å². The Morgan fingerprint density at radius 2 is 1.80 bits per heavy atom. The van der Waals surface area contributed by atoms with Crippen LogP contribution in [0.2, 0.25) is 0 Å². The quantitative estimate of drug-likeness (QED) is 0.367. The lowest BCUT2D eigenvalue weighted by Gasteiger charge is -2.10. The molecule has 2 aromatic heterocycles. The Balaban J connectivity index is 1.35. The number of amides is 1. The average molecular weight is 419 g/mol. The predicted octanol–water partition coefficient (Wildman–Crippen LogP) is 3.35. The summed E-state index contributed by atoms with van der Waals surface area (Å²) in [6, 6.07) is 15.5. The number of fused-ring (bicyclic) bond motifs is 1. The summed E-state index contributed by atoms with van der Waals surface area (Å²) in [5.74, 6) is -1.28. The number of carbonyl (C=O) groups excluding carboxylic acids is 3. The summed E-state index contributed by atoms with van der Waals surface area (Å²) in [6.45, 7) is -0.449. The van der Waals surface area contributed by atoms with E-state index < -0.39 is 18.5 Å². The van der Waals surface area contributed by atoms with E-state index in [1.165, 1.54) is 11.3 Å². The topological polar surface area (TPSA) is 89.8 Å². The number of benzene rings is 2. The van der Waals surface area contributed by atoms with Crippen LogP contribution in [0.5, 0.6) is 0 Å². The molecule has 1 N–H and O–H groups in total. The van der Waals surface area contributed by atoms with E-state index >= 15 is 0 Å². The molecular formula is C22H17N3O4S. The molecule has 2 heterocycles. The van der Waals surface area contributed by atoms with Crippen LogP contribution in [0.3, 0.4) is 0 Å². The molecule has 0 aliphatic heterocycles. The van der Waals surface area contributed by atoms with Crippen LogP contribution in [-0.2, 0) is 20.7 Å². The molecule has 150 valence electrons. The molecule has 8 heteroatoms. The third-order valence-electron chi connectivity index (χ3n) is 4.31. The van der Waals surface area contributed by atoms with Crippen LogP contribution in [0, 0.1) is 0 Å².